The van der Waals surface area contributed by atoms with Crippen LogP contribution in [0.2, 0.25) is 18.1 Å². The molecule has 1 atom stereocenters. The molecule has 0 fully saturated rings. The maximum atomic E-state index is 6.32. The summed E-state index contributed by atoms with van der Waals surface area (Å²) in [5.74, 6) is 0. The molecule has 0 aliphatic carbocycles. The molecule has 0 aromatic heterocycles. The number of hydrogen-bond donors (Lipinski definition) is 0. The van der Waals surface area contributed by atoms with Crippen molar-refractivity contribution in [1.29, 1.82) is 0 Å². The summed E-state index contributed by atoms with van der Waals surface area (Å²) in [6.07, 6.45) is -0.0657. The van der Waals surface area contributed by atoms with Gasteiger partial charge >= 0.3 is 0 Å². The normalized spacial score (nSPS) is 15.4. The minimum atomic E-state index is -1.54. The van der Waals surface area contributed by atoms with E-state index in [1.807, 2.05) is 0 Å². The first kappa shape index (κ1) is 15.1. The number of methoxy groups -OCH3 is 1. The molecule has 3 heteroatoms. The summed E-state index contributed by atoms with van der Waals surface area (Å²) in [6.45, 7) is 13.2. The lowest BCUT2D eigenvalue weighted by atomic mass is 9.96. The molecule has 1 unspecified atom stereocenters. The lowest BCUT2D eigenvalue weighted by Crippen LogP contribution is -2.45. The standard InChI is InChI=1S/C12H28O2Si/c1-8-15(9-2,10-3)14-11(13-7)12(4,5)6/h11H,8-10H2,1-7H3. The highest BCUT2D eigenvalue weighted by atomic mass is 28.4. The lowest BCUT2D eigenvalue weighted by molar-refractivity contribution is -0.127. The highest BCUT2D eigenvalue weighted by molar-refractivity contribution is 6.73. The van der Waals surface area contributed by atoms with E-state index < -0.39 is 8.32 Å². The van der Waals surface area contributed by atoms with E-state index in [0.717, 1.165) is 0 Å². The van der Waals surface area contributed by atoms with E-state index in [0.29, 0.717) is 0 Å². The predicted octanol–water partition coefficient (Wildman–Crippen LogP) is 4.03. The Kier molecular flexibility index (Phi) is 6.07. The van der Waals surface area contributed by atoms with Crippen molar-refractivity contribution in [2.75, 3.05) is 7.11 Å². The van der Waals surface area contributed by atoms with E-state index >= 15 is 0 Å². The first-order valence-corrected chi connectivity index (χ1v) is 8.58. The van der Waals surface area contributed by atoms with Crippen LogP contribution in [0.3, 0.4) is 0 Å². The molecule has 0 radical (unpaired) electrons. The van der Waals surface area contributed by atoms with Gasteiger partial charge in [-0.2, -0.15) is 0 Å². The minimum Gasteiger partial charge on any atom is -0.392 e. The Morgan fingerprint density at radius 3 is 1.60 bits per heavy atom. The average Bonchev–Trinajstić information content (AvgIpc) is 2.19. The topological polar surface area (TPSA) is 18.5 Å². The van der Waals surface area contributed by atoms with Crippen molar-refractivity contribution in [3.8, 4) is 0 Å². The van der Waals surface area contributed by atoms with Crippen LogP contribution < -0.4 is 0 Å². The summed E-state index contributed by atoms with van der Waals surface area (Å²) in [5.41, 5.74) is 0.0620. The summed E-state index contributed by atoms with van der Waals surface area (Å²) >= 11 is 0. The fraction of sp³-hybridized carbons (Fsp3) is 1.00. The first-order chi connectivity index (χ1) is 6.85. The molecule has 0 saturated carbocycles. The molecular weight excluding hydrogens is 204 g/mol. The Hall–Kier alpha value is 0.137. The van der Waals surface area contributed by atoms with Crippen LogP contribution in [0.25, 0.3) is 0 Å². The molecule has 2 nitrogen and oxygen atoms in total. The van der Waals surface area contributed by atoms with E-state index in [-0.39, 0.29) is 11.7 Å². The van der Waals surface area contributed by atoms with E-state index in [2.05, 4.69) is 41.5 Å². The summed E-state index contributed by atoms with van der Waals surface area (Å²) in [5, 5.41) is 0. The van der Waals surface area contributed by atoms with Crippen molar-refractivity contribution in [3.63, 3.8) is 0 Å². The van der Waals surface area contributed by atoms with Gasteiger partial charge in [0.1, 0.15) is 0 Å². The maximum absolute atomic E-state index is 6.32. The van der Waals surface area contributed by atoms with Gasteiger partial charge in [0.25, 0.3) is 0 Å². The highest BCUT2D eigenvalue weighted by Crippen LogP contribution is 2.30. The van der Waals surface area contributed by atoms with Crippen LogP contribution in [-0.2, 0) is 9.16 Å². The van der Waals surface area contributed by atoms with Crippen LogP contribution in [0, 0.1) is 5.41 Å². The summed E-state index contributed by atoms with van der Waals surface area (Å²) < 4.78 is 11.8. The van der Waals surface area contributed by atoms with Gasteiger partial charge in [0.15, 0.2) is 14.6 Å². The minimum absolute atomic E-state index is 0.0620. The van der Waals surface area contributed by atoms with Gasteiger partial charge in [-0.1, -0.05) is 41.5 Å². The Bertz CT molecular complexity index is 163. The number of hydrogen-bond acceptors (Lipinski definition) is 2. The van der Waals surface area contributed by atoms with Crippen LogP contribution in [-0.4, -0.2) is 21.7 Å². The third-order valence-electron chi connectivity index (χ3n) is 3.21. The van der Waals surface area contributed by atoms with Gasteiger partial charge in [-0.25, -0.2) is 0 Å². The summed E-state index contributed by atoms with van der Waals surface area (Å²) in [7, 11) is 0.210. The van der Waals surface area contributed by atoms with Gasteiger partial charge in [-0.15, -0.1) is 0 Å². The van der Waals surface area contributed by atoms with Gasteiger partial charge in [-0.3, -0.25) is 0 Å². The highest BCUT2D eigenvalue weighted by Gasteiger charge is 2.36. The smallest absolute Gasteiger partial charge is 0.195 e. The van der Waals surface area contributed by atoms with Crippen LogP contribution >= 0.6 is 0 Å². The Morgan fingerprint density at radius 2 is 1.40 bits per heavy atom. The molecule has 0 bridgehead atoms. The second-order valence-corrected chi connectivity index (χ2v) is 10.0. The second kappa shape index (κ2) is 6.02. The van der Waals surface area contributed by atoms with E-state index in [1.54, 1.807) is 7.11 Å². The monoisotopic (exact) mass is 232 g/mol. The van der Waals surface area contributed by atoms with E-state index in [1.165, 1.54) is 18.1 Å². The zero-order valence-corrected chi connectivity index (χ0v) is 12.5. The van der Waals surface area contributed by atoms with Gasteiger partial charge in [0, 0.05) is 12.5 Å². The fourth-order valence-corrected chi connectivity index (χ4v) is 4.71. The predicted molar refractivity (Wildman–Crippen MR) is 68.5 cm³/mol. The first-order valence-electron chi connectivity index (χ1n) is 6.05. The van der Waals surface area contributed by atoms with Crippen LogP contribution in [0.15, 0.2) is 0 Å². The molecule has 0 N–H and O–H groups in total. The zero-order valence-electron chi connectivity index (χ0n) is 11.5. The van der Waals surface area contributed by atoms with Gasteiger partial charge in [0.2, 0.25) is 0 Å². The van der Waals surface area contributed by atoms with Gasteiger partial charge in [0.05, 0.1) is 0 Å². The van der Waals surface area contributed by atoms with Gasteiger partial charge < -0.3 is 9.16 Å². The van der Waals surface area contributed by atoms with Crippen molar-refractivity contribution in [1.82, 2.24) is 0 Å². The Balaban J connectivity index is 4.63. The molecule has 0 aromatic rings. The SMILES string of the molecule is CC[Si](CC)(CC)OC(OC)C(C)(C)C. The van der Waals surface area contributed by atoms with Crippen molar-refractivity contribution < 1.29 is 9.16 Å². The summed E-state index contributed by atoms with van der Waals surface area (Å²) in [6, 6.07) is 3.53. The van der Waals surface area contributed by atoms with Crippen molar-refractivity contribution >= 4 is 8.32 Å². The molecule has 0 aromatic carbocycles. The van der Waals surface area contributed by atoms with Gasteiger partial charge in [-0.05, 0) is 18.1 Å². The molecule has 0 saturated heterocycles. The Labute approximate surface area is 96.5 Å². The quantitative estimate of drug-likeness (QED) is 0.508. The Morgan fingerprint density at radius 1 is 1.00 bits per heavy atom. The largest absolute Gasteiger partial charge is 0.392 e. The number of ether oxygens (including phenoxy) is 1. The second-order valence-electron chi connectivity index (χ2n) is 5.30. The van der Waals surface area contributed by atoms with Crippen molar-refractivity contribution in [2.45, 2.75) is 66.0 Å². The third kappa shape index (κ3) is 4.25. The van der Waals surface area contributed by atoms with Crippen molar-refractivity contribution in [2.24, 2.45) is 5.41 Å². The molecule has 0 amide bonds. The van der Waals surface area contributed by atoms with E-state index in [4.69, 9.17) is 9.16 Å². The van der Waals surface area contributed by atoms with Crippen LogP contribution in [0.5, 0.6) is 0 Å². The summed E-state index contributed by atoms with van der Waals surface area (Å²) in [4.78, 5) is 0. The fourth-order valence-electron chi connectivity index (χ4n) is 1.81. The maximum Gasteiger partial charge on any atom is 0.195 e. The average molecular weight is 232 g/mol. The molecule has 0 heterocycles. The molecule has 0 spiro atoms. The van der Waals surface area contributed by atoms with Crippen LogP contribution in [0.4, 0.5) is 0 Å². The van der Waals surface area contributed by atoms with Crippen LogP contribution in [0.1, 0.15) is 41.5 Å². The molecule has 15 heavy (non-hydrogen) atoms. The van der Waals surface area contributed by atoms with Crippen molar-refractivity contribution in [3.05, 3.63) is 0 Å². The molecule has 0 aliphatic rings. The molecule has 0 rings (SSSR count). The van der Waals surface area contributed by atoms with E-state index in [9.17, 15) is 0 Å². The molecule has 92 valence electrons. The lowest BCUT2D eigenvalue weighted by Gasteiger charge is -2.38. The molecular formula is C12H28O2Si. The third-order valence-corrected chi connectivity index (χ3v) is 7.79. The molecule has 0 aliphatic heterocycles. The number of rotatable bonds is 6. The zero-order chi connectivity index (χ0) is 12.1.